The number of hydrogen-bond donors (Lipinski definition) is 1. The van der Waals surface area contributed by atoms with Crippen LogP contribution in [0.4, 0.5) is 0 Å². The fraction of sp³-hybridized carbons (Fsp3) is 1.00. The maximum Gasteiger partial charge on any atom is 0.151 e. The molecule has 0 aromatic heterocycles. The van der Waals surface area contributed by atoms with Gasteiger partial charge < -0.3 is 4.90 Å². The molecule has 1 saturated heterocycles. The third-order valence-electron chi connectivity index (χ3n) is 3.32. The minimum atomic E-state index is -2.78. The second kappa shape index (κ2) is 6.26. The summed E-state index contributed by atoms with van der Waals surface area (Å²) in [5.74, 6) is 2.73. The van der Waals surface area contributed by atoms with E-state index in [1.54, 1.807) is 0 Å². The van der Waals surface area contributed by atoms with Gasteiger partial charge in [-0.3, -0.25) is 0 Å². The number of hydrogen-bond acceptors (Lipinski definition) is 4. The predicted molar refractivity (Wildman–Crippen MR) is 71.9 cm³/mol. The SMILES string of the molecule is CC(C)C(CS)CN1CCCS(=O)(=O)CC1. The Bertz CT molecular complexity index is 301. The van der Waals surface area contributed by atoms with Gasteiger partial charge in [-0.05, 0) is 30.6 Å². The fourth-order valence-electron chi connectivity index (χ4n) is 1.98. The molecule has 1 aliphatic rings. The zero-order chi connectivity index (χ0) is 12.2. The van der Waals surface area contributed by atoms with Crippen LogP contribution < -0.4 is 0 Å². The third kappa shape index (κ3) is 4.63. The van der Waals surface area contributed by atoms with Crippen LogP contribution in [0.25, 0.3) is 0 Å². The lowest BCUT2D eigenvalue weighted by atomic mass is 9.97. The van der Waals surface area contributed by atoms with Crippen LogP contribution in [0.15, 0.2) is 0 Å². The van der Waals surface area contributed by atoms with Crippen LogP contribution >= 0.6 is 12.6 Å². The minimum absolute atomic E-state index is 0.324. The maximum atomic E-state index is 11.5. The van der Waals surface area contributed by atoms with E-state index in [0.717, 1.165) is 25.3 Å². The Hall–Kier alpha value is 0.260. The van der Waals surface area contributed by atoms with Crippen molar-refractivity contribution in [1.29, 1.82) is 0 Å². The molecule has 16 heavy (non-hydrogen) atoms. The van der Waals surface area contributed by atoms with Crippen LogP contribution in [0.1, 0.15) is 20.3 Å². The summed E-state index contributed by atoms with van der Waals surface area (Å²) in [6.07, 6.45) is 0.778. The van der Waals surface area contributed by atoms with E-state index in [0.29, 0.717) is 29.9 Å². The molecule has 0 bridgehead atoms. The van der Waals surface area contributed by atoms with Gasteiger partial charge in [0.15, 0.2) is 9.84 Å². The lowest BCUT2D eigenvalue weighted by Gasteiger charge is -2.27. The lowest BCUT2D eigenvalue weighted by Crippen LogP contribution is -2.34. The highest BCUT2D eigenvalue weighted by Gasteiger charge is 2.22. The molecule has 1 atom stereocenters. The first kappa shape index (κ1) is 14.3. The van der Waals surface area contributed by atoms with Gasteiger partial charge in [-0.25, -0.2) is 8.42 Å². The number of sulfone groups is 1. The Morgan fingerprint density at radius 1 is 1.25 bits per heavy atom. The highest BCUT2D eigenvalue weighted by atomic mass is 32.2. The van der Waals surface area contributed by atoms with Crippen LogP contribution in [0.3, 0.4) is 0 Å². The van der Waals surface area contributed by atoms with Crippen molar-refractivity contribution >= 4 is 22.5 Å². The van der Waals surface area contributed by atoms with Crippen molar-refractivity contribution in [2.75, 3.05) is 36.9 Å². The monoisotopic (exact) mass is 265 g/mol. The standard InChI is InChI=1S/C11H23NO2S2/c1-10(2)11(9-15)8-12-4-3-6-16(13,14)7-5-12/h10-11,15H,3-9H2,1-2H3. The molecule has 1 rings (SSSR count). The van der Waals surface area contributed by atoms with Gasteiger partial charge in [-0.2, -0.15) is 12.6 Å². The first-order chi connectivity index (χ1) is 7.44. The summed E-state index contributed by atoms with van der Waals surface area (Å²) in [6, 6.07) is 0. The molecule has 1 fully saturated rings. The average molecular weight is 265 g/mol. The van der Waals surface area contributed by atoms with Gasteiger partial charge in [0.05, 0.1) is 11.5 Å². The van der Waals surface area contributed by atoms with Crippen LogP contribution in [-0.2, 0) is 9.84 Å². The molecule has 0 radical (unpaired) electrons. The summed E-state index contributed by atoms with van der Waals surface area (Å²) in [5, 5.41) is 0. The Kier molecular flexibility index (Phi) is 5.61. The largest absolute Gasteiger partial charge is 0.302 e. The summed E-state index contributed by atoms with van der Waals surface area (Å²) >= 11 is 4.37. The van der Waals surface area contributed by atoms with Crippen LogP contribution in [0.5, 0.6) is 0 Å². The van der Waals surface area contributed by atoms with Gasteiger partial charge in [0.25, 0.3) is 0 Å². The quantitative estimate of drug-likeness (QED) is 0.779. The van der Waals surface area contributed by atoms with Crippen molar-refractivity contribution in [3.05, 3.63) is 0 Å². The molecular weight excluding hydrogens is 242 g/mol. The molecule has 5 heteroatoms. The maximum absolute atomic E-state index is 11.5. The fourth-order valence-corrected chi connectivity index (χ4v) is 3.83. The second-order valence-electron chi connectivity index (χ2n) is 4.99. The second-order valence-corrected chi connectivity index (χ2v) is 7.66. The number of thiol groups is 1. The molecule has 0 aromatic rings. The molecule has 96 valence electrons. The van der Waals surface area contributed by atoms with Crippen molar-refractivity contribution in [2.24, 2.45) is 11.8 Å². The molecule has 0 aromatic carbocycles. The van der Waals surface area contributed by atoms with Gasteiger partial charge in [0, 0.05) is 13.1 Å². The van der Waals surface area contributed by atoms with E-state index in [4.69, 9.17) is 0 Å². The number of rotatable bonds is 4. The van der Waals surface area contributed by atoms with Crippen molar-refractivity contribution in [2.45, 2.75) is 20.3 Å². The smallest absolute Gasteiger partial charge is 0.151 e. The Labute approximate surface area is 105 Å². The molecule has 1 heterocycles. The van der Waals surface area contributed by atoms with Crippen molar-refractivity contribution < 1.29 is 8.42 Å². The molecule has 0 N–H and O–H groups in total. The van der Waals surface area contributed by atoms with E-state index >= 15 is 0 Å². The van der Waals surface area contributed by atoms with Gasteiger partial charge >= 0.3 is 0 Å². The van der Waals surface area contributed by atoms with Gasteiger partial charge in [-0.15, -0.1) is 0 Å². The van der Waals surface area contributed by atoms with E-state index in [-0.39, 0.29) is 0 Å². The summed E-state index contributed by atoms with van der Waals surface area (Å²) in [7, 11) is -2.78. The molecule has 3 nitrogen and oxygen atoms in total. The Morgan fingerprint density at radius 2 is 1.94 bits per heavy atom. The van der Waals surface area contributed by atoms with Crippen LogP contribution in [0.2, 0.25) is 0 Å². The van der Waals surface area contributed by atoms with Crippen molar-refractivity contribution in [3.8, 4) is 0 Å². The molecular formula is C11H23NO2S2. The molecule has 0 spiro atoms. The first-order valence-corrected chi connectivity index (χ1v) is 8.43. The topological polar surface area (TPSA) is 37.4 Å². The normalized spacial score (nSPS) is 24.2. The first-order valence-electron chi connectivity index (χ1n) is 5.98. The van der Waals surface area contributed by atoms with E-state index < -0.39 is 9.84 Å². The van der Waals surface area contributed by atoms with E-state index in [2.05, 4.69) is 31.4 Å². The Morgan fingerprint density at radius 3 is 2.50 bits per heavy atom. The summed E-state index contributed by atoms with van der Waals surface area (Å²) in [6.45, 7) is 7.00. The zero-order valence-corrected chi connectivity index (χ0v) is 11.9. The van der Waals surface area contributed by atoms with Gasteiger partial charge in [-0.1, -0.05) is 13.8 Å². The highest BCUT2D eigenvalue weighted by molar-refractivity contribution is 7.91. The third-order valence-corrected chi connectivity index (χ3v) is 5.50. The van der Waals surface area contributed by atoms with Crippen LogP contribution in [0, 0.1) is 11.8 Å². The molecule has 0 amide bonds. The molecule has 0 saturated carbocycles. The minimum Gasteiger partial charge on any atom is -0.302 e. The highest BCUT2D eigenvalue weighted by Crippen LogP contribution is 2.16. The average Bonchev–Trinajstić information content (AvgIpc) is 2.36. The summed E-state index contributed by atoms with van der Waals surface area (Å²) in [4.78, 5) is 2.28. The molecule has 1 unspecified atom stereocenters. The van der Waals surface area contributed by atoms with E-state index in [9.17, 15) is 8.42 Å². The zero-order valence-electron chi connectivity index (χ0n) is 10.2. The van der Waals surface area contributed by atoms with Crippen molar-refractivity contribution in [1.82, 2.24) is 4.90 Å². The van der Waals surface area contributed by atoms with E-state index in [1.165, 1.54) is 0 Å². The van der Waals surface area contributed by atoms with Crippen LogP contribution in [-0.4, -0.2) is 50.2 Å². The lowest BCUT2D eigenvalue weighted by molar-refractivity contribution is 0.227. The molecule has 0 aliphatic carbocycles. The van der Waals surface area contributed by atoms with Crippen molar-refractivity contribution in [3.63, 3.8) is 0 Å². The molecule has 1 aliphatic heterocycles. The number of nitrogens with zero attached hydrogens (tertiary/aromatic N) is 1. The predicted octanol–water partition coefficient (Wildman–Crippen LogP) is 1.31. The van der Waals surface area contributed by atoms with Gasteiger partial charge in [0.2, 0.25) is 0 Å². The summed E-state index contributed by atoms with van der Waals surface area (Å²) in [5.41, 5.74) is 0. The van der Waals surface area contributed by atoms with E-state index in [1.807, 2.05) is 0 Å². The van der Waals surface area contributed by atoms with Gasteiger partial charge in [0.1, 0.15) is 0 Å². The summed E-state index contributed by atoms with van der Waals surface area (Å²) < 4.78 is 22.9. The Balaban J connectivity index is 2.49.